The van der Waals surface area contributed by atoms with Crippen molar-refractivity contribution in [1.82, 2.24) is 0 Å². The normalized spacial score (nSPS) is 11.2. The van der Waals surface area contributed by atoms with Crippen LogP contribution in [0.3, 0.4) is 0 Å². The molecular formula is C16H18O6S. The number of ether oxygens (including phenoxy) is 2. The fourth-order valence-corrected chi connectivity index (χ4v) is 2.47. The highest BCUT2D eigenvalue weighted by Crippen LogP contribution is 2.16. The third-order valence-electron chi connectivity index (χ3n) is 3.01. The van der Waals surface area contributed by atoms with Crippen LogP contribution < -0.4 is 9.47 Å². The molecule has 2 rings (SSSR count). The summed E-state index contributed by atoms with van der Waals surface area (Å²) in [5.41, 5.74) is 1.33. The van der Waals surface area contributed by atoms with Gasteiger partial charge in [-0.1, -0.05) is 24.3 Å². The highest BCUT2D eigenvalue weighted by atomic mass is 32.3. The van der Waals surface area contributed by atoms with E-state index in [4.69, 9.17) is 17.8 Å². The molecule has 0 aliphatic heterocycles. The molecule has 7 heteroatoms. The maximum atomic E-state index is 11.8. The van der Waals surface area contributed by atoms with Gasteiger partial charge < -0.3 is 9.47 Å². The summed E-state index contributed by atoms with van der Waals surface area (Å²) in [5.74, 6) is 1.25. The van der Waals surface area contributed by atoms with Gasteiger partial charge in [-0.25, -0.2) is 8.37 Å². The van der Waals surface area contributed by atoms with E-state index < -0.39 is 10.4 Å². The first-order chi connectivity index (χ1) is 11.0. The Kier molecular flexibility index (Phi) is 5.97. The Morgan fingerprint density at radius 3 is 1.61 bits per heavy atom. The standard InChI is InChI=1S/C16H18O6S/c1-19-15-7-3-5-13(9-15)11-21-23(17,18)22-12-14-6-4-8-16(10-14)20-2/h3-10H,11-12H2,1-2H3. The molecule has 0 saturated heterocycles. The first-order valence-corrected chi connectivity index (χ1v) is 8.15. The van der Waals surface area contributed by atoms with E-state index in [1.54, 1.807) is 48.5 Å². The third-order valence-corrected chi connectivity index (χ3v) is 3.82. The van der Waals surface area contributed by atoms with Crippen molar-refractivity contribution < 1.29 is 26.3 Å². The summed E-state index contributed by atoms with van der Waals surface area (Å²) in [6, 6.07) is 13.9. The SMILES string of the molecule is COc1cccc(COS(=O)(=O)OCc2cccc(OC)c2)c1. The van der Waals surface area contributed by atoms with E-state index in [0.29, 0.717) is 22.6 Å². The van der Waals surface area contributed by atoms with Crippen molar-refractivity contribution in [3.05, 3.63) is 59.7 Å². The molecule has 0 bridgehead atoms. The lowest BCUT2D eigenvalue weighted by atomic mass is 10.2. The number of hydrogen-bond acceptors (Lipinski definition) is 6. The fraction of sp³-hybridized carbons (Fsp3) is 0.250. The summed E-state index contributed by atoms with van der Waals surface area (Å²) < 4.78 is 43.4. The number of methoxy groups -OCH3 is 2. The zero-order chi connectivity index (χ0) is 16.7. The van der Waals surface area contributed by atoms with Crippen LogP contribution >= 0.6 is 0 Å². The van der Waals surface area contributed by atoms with Gasteiger partial charge in [0.2, 0.25) is 0 Å². The predicted molar refractivity (Wildman–Crippen MR) is 84.5 cm³/mol. The number of benzene rings is 2. The highest BCUT2D eigenvalue weighted by Gasteiger charge is 2.13. The van der Waals surface area contributed by atoms with E-state index in [1.165, 1.54) is 14.2 Å². The summed E-state index contributed by atoms with van der Waals surface area (Å²) in [6.07, 6.45) is 0. The molecule has 0 unspecified atom stereocenters. The van der Waals surface area contributed by atoms with Crippen LogP contribution in [0, 0.1) is 0 Å². The Labute approximate surface area is 135 Å². The van der Waals surface area contributed by atoms with Crippen molar-refractivity contribution in [3.63, 3.8) is 0 Å². The van der Waals surface area contributed by atoms with Gasteiger partial charge in [0.25, 0.3) is 0 Å². The van der Waals surface area contributed by atoms with Gasteiger partial charge in [-0.05, 0) is 35.4 Å². The molecule has 0 fully saturated rings. The van der Waals surface area contributed by atoms with Gasteiger partial charge in [-0.2, -0.15) is 8.42 Å². The molecule has 0 heterocycles. The summed E-state index contributed by atoms with van der Waals surface area (Å²) in [6.45, 7) is -0.255. The molecular weight excluding hydrogens is 320 g/mol. The van der Waals surface area contributed by atoms with Crippen molar-refractivity contribution in [2.75, 3.05) is 14.2 Å². The van der Waals surface area contributed by atoms with Gasteiger partial charge >= 0.3 is 10.4 Å². The quantitative estimate of drug-likeness (QED) is 0.737. The second kappa shape index (κ2) is 7.96. The Hall–Kier alpha value is -2.09. The second-order valence-corrected chi connectivity index (χ2v) is 5.92. The predicted octanol–water partition coefficient (Wildman–Crippen LogP) is 2.68. The van der Waals surface area contributed by atoms with E-state index in [1.807, 2.05) is 0 Å². The summed E-state index contributed by atoms with van der Waals surface area (Å²) in [7, 11) is -1.03. The Morgan fingerprint density at radius 1 is 0.783 bits per heavy atom. The molecule has 124 valence electrons. The lowest BCUT2D eigenvalue weighted by molar-refractivity contribution is 0.201. The minimum atomic E-state index is -4.10. The molecule has 0 aliphatic carbocycles. The molecule has 0 aromatic heterocycles. The summed E-state index contributed by atoms with van der Waals surface area (Å²) in [5, 5.41) is 0. The first-order valence-electron chi connectivity index (χ1n) is 6.82. The minimum Gasteiger partial charge on any atom is -0.497 e. The molecule has 2 aromatic rings. The zero-order valence-electron chi connectivity index (χ0n) is 12.9. The zero-order valence-corrected chi connectivity index (χ0v) is 13.7. The first kappa shape index (κ1) is 17.3. The van der Waals surface area contributed by atoms with Gasteiger partial charge in [-0.3, -0.25) is 0 Å². The van der Waals surface area contributed by atoms with Gasteiger partial charge in [0.1, 0.15) is 11.5 Å². The summed E-state index contributed by atoms with van der Waals surface area (Å²) >= 11 is 0. The Balaban J connectivity index is 1.91. The van der Waals surface area contributed by atoms with Crippen molar-refractivity contribution >= 4 is 10.4 Å². The monoisotopic (exact) mass is 338 g/mol. The van der Waals surface area contributed by atoms with Crippen LogP contribution in [0.1, 0.15) is 11.1 Å². The van der Waals surface area contributed by atoms with E-state index in [2.05, 4.69) is 0 Å². The molecule has 0 atom stereocenters. The van der Waals surface area contributed by atoms with Crippen molar-refractivity contribution in [1.29, 1.82) is 0 Å². The van der Waals surface area contributed by atoms with Crippen LogP contribution in [-0.4, -0.2) is 22.6 Å². The Bertz CT molecular complexity index is 684. The van der Waals surface area contributed by atoms with Gasteiger partial charge in [0.15, 0.2) is 0 Å². The van der Waals surface area contributed by atoms with Crippen molar-refractivity contribution in [2.45, 2.75) is 13.2 Å². The van der Waals surface area contributed by atoms with Gasteiger partial charge in [-0.15, -0.1) is 0 Å². The maximum absolute atomic E-state index is 11.8. The largest absolute Gasteiger partial charge is 0.497 e. The van der Waals surface area contributed by atoms with Crippen LogP contribution in [0.2, 0.25) is 0 Å². The molecule has 0 aliphatic rings. The Morgan fingerprint density at radius 2 is 1.22 bits per heavy atom. The molecule has 23 heavy (non-hydrogen) atoms. The molecule has 0 amide bonds. The maximum Gasteiger partial charge on any atom is 0.400 e. The number of rotatable bonds is 8. The average Bonchev–Trinajstić information content (AvgIpc) is 2.59. The third kappa shape index (κ3) is 5.55. The smallest absolute Gasteiger partial charge is 0.400 e. The second-order valence-electron chi connectivity index (χ2n) is 4.64. The topological polar surface area (TPSA) is 71.1 Å². The molecule has 0 radical (unpaired) electrons. The molecule has 6 nitrogen and oxygen atoms in total. The molecule has 2 aromatic carbocycles. The molecule has 0 spiro atoms. The average molecular weight is 338 g/mol. The van der Waals surface area contributed by atoms with E-state index in [-0.39, 0.29) is 13.2 Å². The van der Waals surface area contributed by atoms with Crippen molar-refractivity contribution in [2.24, 2.45) is 0 Å². The van der Waals surface area contributed by atoms with Crippen LogP contribution in [-0.2, 0) is 32.0 Å². The van der Waals surface area contributed by atoms with E-state index >= 15 is 0 Å². The number of hydrogen-bond donors (Lipinski definition) is 0. The van der Waals surface area contributed by atoms with Gasteiger partial charge in [0.05, 0.1) is 27.4 Å². The highest BCUT2D eigenvalue weighted by molar-refractivity contribution is 7.81. The molecule has 0 N–H and O–H groups in total. The summed E-state index contributed by atoms with van der Waals surface area (Å²) in [4.78, 5) is 0. The van der Waals surface area contributed by atoms with Crippen molar-refractivity contribution in [3.8, 4) is 11.5 Å². The van der Waals surface area contributed by atoms with Crippen LogP contribution in [0.5, 0.6) is 11.5 Å². The van der Waals surface area contributed by atoms with E-state index in [0.717, 1.165) is 0 Å². The minimum absolute atomic E-state index is 0.127. The fourth-order valence-electron chi connectivity index (χ4n) is 1.84. The van der Waals surface area contributed by atoms with E-state index in [9.17, 15) is 8.42 Å². The molecule has 0 saturated carbocycles. The van der Waals surface area contributed by atoms with Crippen LogP contribution in [0.4, 0.5) is 0 Å². The lowest BCUT2D eigenvalue weighted by Gasteiger charge is -2.08. The van der Waals surface area contributed by atoms with Crippen LogP contribution in [0.25, 0.3) is 0 Å². The lowest BCUT2D eigenvalue weighted by Crippen LogP contribution is -2.10. The van der Waals surface area contributed by atoms with Crippen LogP contribution in [0.15, 0.2) is 48.5 Å². The van der Waals surface area contributed by atoms with Gasteiger partial charge in [0, 0.05) is 0 Å².